The zero-order valence-corrected chi connectivity index (χ0v) is 20.6. The molecule has 3 aromatic rings. The van der Waals surface area contributed by atoms with Crippen LogP contribution >= 0.6 is 0 Å². The largest absolute Gasteiger partial charge is 0.395 e. The Bertz CT molecular complexity index is 1190. The highest BCUT2D eigenvalue weighted by Gasteiger charge is 2.41. The monoisotopic (exact) mass is 491 g/mol. The van der Waals surface area contributed by atoms with Crippen LogP contribution in [0.1, 0.15) is 44.4 Å². The van der Waals surface area contributed by atoms with Gasteiger partial charge in [-0.2, -0.15) is 0 Å². The number of aliphatic hydroxyl groups excluding tert-OH is 2. The van der Waals surface area contributed by atoms with Crippen LogP contribution < -0.4 is 15.1 Å². The molecule has 3 aliphatic rings. The Balaban J connectivity index is 1.23. The minimum absolute atomic E-state index is 0.190. The molecule has 3 fully saturated rings. The van der Waals surface area contributed by atoms with Crippen molar-refractivity contribution < 1.29 is 10.2 Å². The summed E-state index contributed by atoms with van der Waals surface area (Å²) in [7, 11) is 0. The second-order valence-corrected chi connectivity index (χ2v) is 10.0. The molecule has 6 rings (SSSR count). The normalized spacial score (nSPS) is 23.0. The van der Waals surface area contributed by atoms with Crippen LogP contribution in [-0.4, -0.2) is 91.7 Å². The van der Waals surface area contributed by atoms with Crippen molar-refractivity contribution in [3.63, 3.8) is 0 Å². The topological polar surface area (TPSA) is 127 Å². The zero-order valence-electron chi connectivity index (χ0n) is 20.6. The minimum atomic E-state index is -0.655. The first-order valence-electron chi connectivity index (χ1n) is 12.9. The Morgan fingerprint density at radius 1 is 1.03 bits per heavy atom. The average molecular weight is 492 g/mol. The fourth-order valence-electron chi connectivity index (χ4n) is 5.77. The number of nitrogens with zero attached hydrogens (tertiary/aromatic N) is 8. The smallest absolute Gasteiger partial charge is 0.229 e. The molecule has 0 saturated carbocycles. The van der Waals surface area contributed by atoms with Crippen LogP contribution in [0.3, 0.4) is 0 Å². The maximum atomic E-state index is 10.2. The van der Waals surface area contributed by atoms with Gasteiger partial charge in [-0.3, -0.25) is 4.90 Å². The van der Waals surface area contributed by atoms with Gasteiger partial charge in [-0.25, -0.2) is 15.0 Å². The molecule has 11 heteroatoms. The van der Waals surface area contributed by atoms with Crippen molar-refractivity contribution in [1.82, 2.24) is 30.0 Å². The van der Waals surface area contributed by atoms with Crippen LogP contribution in [0, 0.1) is 0 Å². The number of pyridine rings is 1. The van der Waals surface area contributed by atoms with E-state index in [0.717, 1.165) is 48.7 Å². The van der Waals surface area contributed by atoms with E-state index in [1.54, 1.807) is 13.1 Å². The summed E-state index contributed by atoms with van der Waals surface area (Å²) in [5.41, 5.74) is 1.44. The molecular weight excluding hydrogens is 458 g/mol. The molecule has 1 atom stereocenters. The summed E-state index contributed by atoms with van der Waals surface area (Å²) < 4.78 is 0. The number of β-amino-alcohol motifs (C(OH)–C–C–N with tert-alkyl or cyclic N) is 1. The highest BCUT2D eigenvalue weighted by Crippen LogP contribution is 2.42. The van der Waals surface area contributed by atoms with Crippen LogP contribution in [0.5, 0.6) is 0 Å². The predicted molar refractivity (Wildman–Crippen MR) is 138 cm³/mol. The number of rotatable bonds is 7. The molecule has 0 radical (unpaired) electrons. The molecular formula is C25H33N9O2. The van der Waals surface area contributed by atoms with E-state index < -0.39 is 6.10 Å². The van der Waals surface area contributed by atoms with Gasteiger partial charge in [0.1, 0.15) is 5.52 Å². The summed E-state index contributed by atoms with van der Waals surface area (Å²) in [4.78, 5) is 21.1. The standard InChI is InChI=1S/C25H33N9O2/c1-16(36)20-14-17-15-26-25(29-23(17)24(27-20)34-18-2-3-19(34)5-4-18)28-21-6-7-22(31-30-21)33-10-8-32(9-11-33)12-13-35/h6-7,14-16,18-19,35-36H,2-5,8-13H2,1H3,(H,26,28,29,30). The summed E-state index contributed by atoms with van der Waals surface area (Å²) in [5, 5.41) is 32.2. The van der Waals surface area contributed by atoms with Crippen LogP contribution in [0.4, 0.5) is 23.4 Å². The van der Waals surface area contributed by atoms with Gasteiger partial charge in [-0.15, -0.1) is 10.2 Å². The van der Waals surface area contributed by atoms with E-state index in [1.807, 2.05) is 18.2 Å². The SMILES string of the molecule is CC(O)c1cc2cnc(Nc3ccc(N4CCN(CCO)CC4)nn3)nc2c(N2C3CCC2CC3)n1. The van der Waals surface area contributed by atoms with Gasteiger partial charge in [-0.1, -0.05) is 0 Å². The first kappa shape index (κ1) is 23.3. The highest BCUT2D eigenvalue weighted by atomic mass is 16.3. The molecule has 0 amide bonds. The first-order chi connectivity index (χ1) is 17.6. The van der Waals surface area contributed by atoms with E-state index in [1.165, 1.54) is 25.7 Å². The van der Waals surface area contributed by atoms with Gasteiger partial charge in [0.05, 0.1) is 18.4 Å². The Kier molecular flexibility index (Phi) is 6.28. The predicted octanol–water partition coefficient (Wildman–Crippen LogP) is 1.86. The fourth-order valence-corrected chi connectivity index (χ4v) is 5.77. The van der Waals surface area contributed by atoms with Gasteiger partial charge in [0.2, 0.25) is 5.95 Å². The summed E-state index contributed by atoms with van der Waals surface area (Å²) >= 11 is 0. The Morgan fingerprint density at radius 2 is 1.78 bits per heavy atom. The number of aliphatic hydroxyl groups is 2. The molecule has 0 aliphatic carbocycles. The lowest BCUT2D eigenvalue weighted by Gasteiger charge is -2.34. The summed E-state index contributed by atoms with van der Waals surface area (Å²) in [6.45, 7) is 6.17. The van der Waals surface area contributed by atoms with E-state index in [-0.39, 0.29) is 6.61 Å². The van der Waals surface area contributed by atoms with Gasteiger partial charge in [0.25, 0.3) is 0 Å². The lowest BCUT2D eigenvalue weighted by atomic mass is 10.0. The molecule has 3 N–H and O–H groups in total. The van der Waals surface area contributed by atoms with Gasteiger partial charge in [-0.05, 0) is 50.8 Å². The molecule has 2 bridgehead atoms. The van der Waals surface area contributed by atoms with Crippen molar-refractivity contribution in [2.45, 2.75) is 50.8 Å². The number of aromatic nitrogens is 5. The lowest BCUT2D eigenvalue weighted by molar-refractivity contribution is 0.188. The third-order valence-corrected chi connectivity index (χ3v) is 7.70. The maximum Gasteiger partial charge on any atom is 0.229 e. The number of anilines is 4. The molecule has 36 heavy (non-hydrogen) atoms. The molecule has 3 saturated heterocycles. The van der Waals surface area contributed by atoms with Crippen LogP contribution in [-0.2, 0) is 0 Å². The van der Waals surface area contributed by atoms with Crippen molar-refractivity contribution in [2.24, 2.45) is 0 Å². The number of piperazine rings is 1. The number of hydrogen-bond acceptors (Lipinski definition) is 11. The van der Waals surface area contributed by atoms with Crippen LogP contribution in [0.25, 0.3) is 10.9 Å². The van der Waals surface area contributed by atoms with Crippen molar-refractivity contribution in [3.8, 4) is 0 Å². The van der Waals surface area contributed by atoms with E-state index in [9.17, 15) is 5.11 Å². The number of nitrogens with one attached hydrogen (secondary N) is 1. The van der Waals surface area contributed by atoms with Gasteiger partial charge in [0, 0.05) is 56.4 Å². The summed E-state index contributed by atoms with van der Waals surface area (Å²) in [5.74, 6) is 2.71. The van der Waals surface area contributed by atoms with Gasteiger partial charge < -0.3 is 25.3 Å². The first-order valence-corrected chi connectivity index (χ1v) is 12.9. The van der Waals surface area contributed by atoms with Crippen LogP contribution in [0.15, 0.2) is 24.4 Å². The van der Waals surface area contributed by atoms with Crippen molar-refractivity contribution in [1.29, 1.82) is 0 Å². The van der Waals surface area contributed by atoms with E-state index in [2.05, 4.69) is 35.2 Å². The Hall–Kier alpha value is -3.15. The lowest BCUT2D eigenvalue weighted by Crippen LogP contribution is -2.47. The third kappa shape index (κ3) is 4.42. The molecule has 0 aromatic carbocycles. The van der Waals surface area contributed by atoms with Crippen molar-refractivity contribution in [3.05, 3.63) is 30.1 Å². The molecule has 11 nitrogen and oxygen atoms in total. The Morgan fingerprint density at radius 3 is 2.42 bits per heavy atom. The molecule has 6 heterocycles. The second-order valence-electron chi connectivity index (χ2n) is 10.0. The van der Waals surface area contributed by atoms with Crippen LogP contribution in [0.2, 0.25) is 0 Å². The molecule has 3 aromatic heterocycles. The van der Waals surface area contributed by atoms with E-state index in [4.69, 9.17) is 15.1 Å². The molecule has 190 valence electrons. The molecule has 1 unspecified atom stereocenters. The minimum Gasteiger partial charge on any atom is -0.395 e. The fraction of sp³-hybridized carbons (Fsp3) is 0.560. The quantitative estimate of drug-likeness (QED) is 0.448. The van der Waals surface area contributed by atoms with Crippen molar-refractivity contribution in [2.75, 3.05) is 54.4 Å². The zero-order chi connectivity index (χ0) is 24.6. The van der Waals surface area contributed by atoms with Crippen molar-refractivity contribution >= 4 is 34.3 Å². The second kappa shape index (κ2) is 9.72. The highest BCUT2D eigenvalue weighted by molar-refractivity contribution is 5.90. The third-order valence-electron chi connectivity index (χ3n) is 7.70. The molecule has 0 spiro atoms. The number of fused-ring (bicyclic) bond motifs is 3. The number of hydrogen-bond donors (Lipinski definition) is 3. The van der Waals surface area contributed by atoms with E-state index in [0.29, 0.717) is 36.1 Å². The summed E-state index contributed by atoms with van der Waals surface area (Å²) in [6, 6.07) is 6.71. The van der Waals surface area contributed by atoms with E-state index >= 15 is 0 Å². The van der Waals surface area contributed by atoms with Gasteiger partial charge >= 0.3 is 0 Å². The maximum absolute atomic E-state index is 10.2. The Labute approximate surface area is 210 Å². The van der Waals surface area contributed by atoms with Gasteiger partial charge in [0.15, 0.2) is 17.5 Å². The summed E-state index contributed by atoms with van der Waals surface area (Å²) in [6.07, 6.45) is 5.86. The molecule has 3 aliphatic heterocycles. The average Bonchev–Trinajstić information content (AvgIpc) is 3.50.